The van der Waals surface area contributed by atoms with E-state index in [0.717, 1.165) is 13.4 Å². The highest BCUT2D eigenvalue weighted by atomic mass is 16.8. The highest BCUT2D eigenvalue weighted by Crippen LogP contribution is 2.46. The van der Waals surface area contributed by atoms with Gasteiger partial charge in [0.2, 0.25) is 6.29 Å². The molecule has 16 heteroatoms. The Bertz CT molecular complexity index is 924. The SMILES string of the molecule is COC(=O)C1=COC(OC2OC(CO)C(O)C(O)C2O)C2C1C=CC2(O)COC1OC(CO)C(O)C(O)C1O. The third-order valence-electron chi connectivity index (χ3n) is 7.40. The van der Waals surface area contributed by atoms with E-state index in [0.29, 0.717) is 0 Å². The van der Waals surface area contributed by atoms with Gasteiger partial charge in [-0.05, 0) is 0 Å². The fourth-order valence-electron chi connectivity index (χ4n) is 5.11. The van der Waals surface area contributed by atoms with Gasteiger partial charge in [-0.2, -0.15) is 0 Å². The van der Waals surface area contributed by atoms with E-state index in [2.05, 4.69) is 0 Å². The number of ether oxygens (including phenoxy) is 6. The monoisotopic (exact) mass is 566 g/mol. The highest BCUT2D eigenvalue weighted by Gasteiger charge is 2.56. The molecular formula is C23H34O16. The summed E-state index contributed by atoms with van der Waals surface area (Å²) in [5, 5.41) is 91.3. The number of carbonyl (C=O) groups is 1. The number of esters is 1. The van der Waals surface area contributed by atoms with E-state index in [-0.39, 0.29) is 5.57 Å². The van der Waals surface area contributed by atoms with Crippen LogP contribution in [0.3, 0.4) is 0 Å². The number of aliphatic hydroxyl groups is 9. The third-order valence-corrected chi connectivity index (χ3v) is 7.40. The molecule has 0 amide bonds. The largest absolute Gasteiger partial charge is 0.471 e. The number of methoxy groups -OCH3 is 1. The molecule has 0 aromatic rings. The summed E-state index contributed by atoms with van der Waals surface area (Å²) in [6.07, 6.45) is -13.8. The Hall–Kier alpha value is -1.77. The van der Waals surface area contributed by atoms with Crippen molar-refractivity contribution in [1.29, 1.82) is 0 Å². The van der Waals surface area contributed by atoms with Gasteiger partial charge in [-0.15, -0.1) is 0 Å². The molecule has 1 aliphatic carbocycles. The topological polar surface area (TPSA) is 255 Å². The van der Waals surface area contributed by atoms with Crippen molar-refractivity contribution in [2.75, 3.05) is 26.9 Å². The quantitative estimate of drug-likeness (QED) is 0.0981. The molecule has 3 heterocycles. The van der Waals surface area contributed by atoms with Crippen LogP contribution in [0.4, 0.5) is 0 Å². The fraction of sp³-hybridized carbons (Fsp3) is 0.783. The lowest BCUT2D eigenvalue weighted by Crippen LogP contribution is -2.61. The molecule has 222 valence electrons. The van der Waals surface area contributed by atoms with Gasteiger partial charge in [-0.3, -0.25) is 0 Å². The Morgan fingerprint density at radius 2 is 1.44 bits per heavy atom. The first-order valence-corrected chi connectivity index (χ1v) is 12.2. The second-order valence-corrected chi connectivity index (χ2v) is 9.81. The first-order valence-electron chi connectivity index (χ1n) is 12.2. The van der Waals surface area contributed by atoms with Crippen molar-refractivity contribution in [2.24, 2.45) is 11.8 Å². The van der Waals surface area contributed by atoms with Crippen LogP contribution in [0, 0.1) is 11.8 Å². The van der Waals surface area contributed by atoms with Gasteiger partial charge in [-0.25, -0.2) is 4.79 Å². The van der Waals surface area contributed by atoms with Crippen molar-refractivity contribution in [2.45, 2.75) is 73.3 Å². The zero-order valence-electron chi connectivity index (χ0n) is 20.7. The molecule has 14 unspecified atom stereocenters. The molecule has 0 saturated carbocycles. The van der Waals surface area contributed by atoms with Gasteiger partial charge < -0.3 is 74.4 Å². The summed E-state index contributed by atoms with van der Waals surface area (Å²) in [5.74, 6) is -2.85. The standard InChI is InChI=1S/C23H34O16/c1-34-19(32)9-6-35-20(39-22-18(31)16(29)14(27)11(5-25)38-22)12-8(9)2-3-23(12,33)7-36-21-17(30)15(28)13(26)10(4-24)37-21/h2-3,6,8,10-18,20-22,24-31,33H,4-5,7H2,1H3. The number of rotatable bonds is 8. The average Bonchev–Trinajstić information content (AvgIpc) is 3.29. The molecule has 2 saturated heterocycles. The van der Waals surface area contributed by atoms with Gasteiger partial charge in [0.25, 0.3) is 0 Å². The minimum Gasteiger partial charge on any atom is -0.471 e. The predicted molar refractivity (Wildman–Crippen MR) is 121 cm³/mol. The number of hydrogen-bond donors (Lipinski definition) is 9. The summed E-state index contributed by atoms with van der Waals surface area (Å²) in [7, 11) is 1.14. The van der Waals surface area contributed by atoms with Crippen LogP contribution in [0.15, 0.2) is 24.0 Å². The number of fused-ring (bicyclic) bond motifs is 1. The average molecular weight is 567 g/mol. The molecular weight excluding hydrogens is 532 g/mol. The number of hydrogen-bond acceptors (Lipinski definition) is 16. The zero-order valence-corrected chi connectivity index (χ0v) is 20.7. The molecule has 3 aliphatic heterocycles. The number of allylic oxidation sites excluding steroid dienone is 1. The van der Waals surface area contributed by atoms with E-state index in [1.54, 1.807) is 0 Å². The van der Waals surface area contributed by atoms with Crippen LogP contribution in [0.2, 0.25) is 0 Å². The minimum absolute atomic E-state index is 0.00355. The van der Waals surface area contributed by atoms with E-state index in [1.165, 1.54) is 12.2 Å². The Balaban J connectivity index is 1.56. The van der Waals surface area contributed by atoms with Crippen molar-refractivity contribution in [3.05, 3.63) is 24.0 Å². The summed E-state index contributed by atoms with van der Waals surface area (Å²) in [6, 6.07) is 0. The van der Waals surface area contributed by atoms with E-state index >= 15 is 0 Å². The summed E-state index contributed by atoms with van der Waals surface area (Å²) in [4.78, 5) is 12.4. The molecule has 4 aliphatic rings. The molecule has 0 aromatic carbocycles. The second-order valence-electron chi connectivity index (χ2n) is 9.81. The van der Waals surface area contributed by atoms with Gasteiger partial charge in [0.05, 0.1) is 44.7 Å². The maximum Gasteiger partial charge on any atom is 0.337 e. The molecule has 2 fully saturated rings. The van der Waals surface area contributed by atoms with Gasteiger partial charge in [0.15, 0.2) is 12.6 Å². The van der Waals surface area contributed by atoms with Crippen LogP contribution in [-0.2, 0) is 33.2 Å². The van der Waals surface area contributed by atoms with Crippen LogP contribution in [0.5, 0.6) is 0 Å². The van der Waals surface area contributed by atoms with Gasteiger partial charge in [-0.1, -0.05) is 12.2 Å². The number of aliphatic hydroxyl groups excluding tert-OH is 8. The summed E-state index contributed by atoms with van der Waals surface area (Å²) < 4.78 is 32.3. The lowest BCUT2D eigenvalue weighted by molar-refractivity contribution is -0.349. The van der Waals surface area contributed by atoms with Gasteiger partial charge >= 0.3 is 5.97 Å². The minimum atomic E-state index is -2.00. The van der Waals surface area contributed by atoms with Crippen LogP contribution in [-0.4, -0.2) is 152 Å². The van der Waals surface area contributed by atoms with Crippen molar-refractivity contribution < 1.29 is 79.2 Å². The van der Waals surface area contributed by atoms with E-state index in [4.69, 9.17) is 28.4 Å². The molecule has 39 heavy (non-hydrogen) atoms. The van der Waals surface area contributed by atoms with Crippen molar-refractivity contribution >= 4 is 5.97 Å². The highest BCUT2D eigenvalue weighted by molar-refractivity contribution is 5.89. The fourth-order valence-corrected chi connectivity index (χ4v) is 5.11. The molecule has 0 aromatic heterocycles. The van der Waals surface area contributed by atoms with E-state index in [9.17, 15) is 50.8 Å². The van der Waals surface area contributed by atoms with Crippen LogP contribution < -0.4 is 0 Å². The molecule has 16 nitrogen and oxygen atoms in total. The van der Waals surface area contributed by atoms with Crippen LogP contribution >= 0.6 is 0 Å². The normalized spacial score (nSPS) is 47.7. The maximum atomic E-state index is 12.4. The summed E-state index contributed by atoms with van der Waals surface area (Å²) in [5.41, 5.74) is -2.01. The molecule has 4 rings (SSSR count). The first kappa shape index (κ1) is 30.2. The molecule has 0 spiro atoms. The smallest absolute Gasteiger partial charge is 0.337 e. The van der Waals surface area contributed by atoms with E-state index < -0.39 is 111 Å². The second kappa shape index (κ2) is 12.0. The molecule has 0 radical (unpaired) electrons. The summed E-state index contributed by atoms with van der Waals surface area (Å²) >= 11 is 0. The van der Waals surface area contributed by atoms with E-state index in [1.807, 2.05) is 0 Å². The lowest BCUT2D eigenvalue weighted by Gasteiger charge is -2.45. The molecule has 14 atom stereocenters. The van der Waals surface area contributed by atoms with Crippen molar-refractivity contribution in [3.63, 3.8) is 0 Å². The zero-order chi connectivity index (χ0) is 28.6. The molecule has 0 bridgehead atoms. The number of carbonyl (C=O) groups excluding carboxylic acids is 1. The van der Waals surface area contributed by atoms with Crippen LogP contribution in [0.25, 0.3) is 0 Å². The maximum absolute atomic E-state index is 12.4. The van der Waals surface area contributed by atoms with Gasteiger partial charge in [0.1, 0.15) is 54.4 Å². The van der Waals surface area contributed by atoms with Crippen molar-refractivity contribution in [3.8, 4) is 0 Å². The van der Waals surface area contributed by atoms with Gasteiger partial charge in [0, 0.05) is 5.92 Å². The van der Waals surface area contributed by atoms with Crippen LogP contribution in [0.1, 0.15) is 0 Å². The Kier molecular flexibility index (Phi) is 9.29. The summed E-state index contributed by atoms with van der Waals surface area (Å²) in [6.45, 7) is -2.05. The lowest BCUT2D eigenvalue weighted by atomic mass is 9.79. The first-order chi connectivity index (χ1) is 18.5. The Morgan fingerprint density at radius 1 is 0.872 bits per heavy atom. The third kappa shape index (κ3) is 5.58. The molecule has 9 N–H and O–H groups in total. The Morgan fingerprint density at radius 3 is 2.00 bits per heavy atom. The predicted octanol–water partition coefficient (Wildman–Crippen LogP) is -5.43. The van der Waals surface area contributed by atoms with Crippen molar-refractivity contribution in [1.82, 2.24) is 0 Å². The Labute approximate surface area is 221 Å².